The van der Waals surface area contributed by atoms with E-state index < -0.39 is 31.3 Å². The van der Waals surface area contributed by atoms with E-state index >= 15 is 0 Å². The van der Waals surface area contributed by atoms with Gasteiger partial charge in [-0.25, -0.2) is 0 Å². The van der Waals surface area contributed by atoms with E-state index in [9.17, 15) is 24.6 Å². The van der Waals surface area contributed by atoms with Gasteiger partial charge in [-0.2, -0.15) is 5.26 Å². The van der Waals surface area contributed by atoms with Gasteiger partial charge in [-0.1, -0.05) is 29.8 Å². The molecule has 0 aliphatic carbocycles. The molecule has 0 fully saturated rings. The minimum absolute atomic E-state index is 0.0352. The van der Waals surface area contributed by atoms with Crippen molar-refractivity contribution in [2.45, 2.75) is 0 Å². The number of carboxylic acid groups (broad SMARTS) is 1. The Kier molecular flexibility index (Phi) is 13.9. The lowest BCUT2D eigenvalue weighted by Crippen LogP contribution is -2.23. The number of nitrogen functional groups attached to an aromatic ring is 1. The fourth-order valence-corrected chi connectivity index (χ4v) is 4.14. The van der Waals surface area contributed by atoms with Crippen molar-refractivity contribution in [1.29, 1.82) is 5.26 Å². The molecule has 0 radical (unpaired) electrons. The number of rotatable bonds is 7. The minimum atomic E-state index is -4.10. The van der Waals surface area contributed by atoms with Crippen LogP contribution in [0.4, 0.5) is 11.4 Å². The molecule has 17 heteroatoms. The number of ether oxygens (including phenoxy) is 1. The maximum absolute atomic E-state index is 10.7. The number of nitrogens with one attached hydrogen (secondary N) is 1. The van der Waals surface area contributed by atoms with Gasteiger partial charge >= 0.3 is 13.6 Å². The first kappa shape index (κ1) is 33.8. The first-order valence-corrected chi connectivity index (χ1v) is 13.9. The summed E-state index contributed by atoms with van der Waals surface area (Å²) in [7, 11) is -4.10. The lowest BCUT2D eigenvalue weighted by atomic mass is 10.2. The van der Waals surface area contributed by atoms with Crippen LogP contribution in [0.3, 0.4) is 0 Å². The Morgan fingerprint density at radius 2 is 1.74 bits per heavy atom. The predicted octanol–water partition coefficient (Wildman–Crippen LogP) is 5.21. The van der Waals surface area contributed by atoms with Gasteiger partial charge in [0.05, 0.1) is 38.3 Å². The van der Waals surface area contributed by atoms with Crippen LogP contribution in [0.15, 0.2) is 63.5 Å². The molecule has 3 aromatic carbocycles. The van der Waals surface area contributed by atoms with Gasteiger partial charge in [0, 0.05) is 6.07 Å². The number of benzene rings is 3. The Hall–Kier alpha value is -3.22. The second-order valence-electron chi connectivity index (χ2n) is 7.03. The van der Waals surface area contributed by atoms with Crippen molar-refractivity contribution in [2.24, 2.45) is 0 Å². The number of carbonyl (C=O) groups is 1. The van der Waals surface area contributed by atoms with Gasteiger partial charge in [0.2, 0.25) is 0 Å². The quantitative estimate of drug-likeness (QED) is 0.0804. The van der Waals surface area contributed by atoms with Crippen LogP contribution in [0.1, 0.15) is 5.56 Å². The van der Waals surface area contributed by atoms with Crippen LogP contribution in [0.2, 0.25) is 5.02 Å². The van der Waals surface area contributed by atoms with E-state index in [1.165, 1.54) is 12.1 Å². The van der Waals surface area contributed by atoms with Crippen molar-refractivity contribution >= 4 is 68.4 Å². The number of halogens is 3. The Morgan fingerprint density at radius 1 is 1.18 bits per heavy atom. The number of hydrogen-bond donors (Lipinski definition) is 6. The second-order valence-corrected chi connectivity index (χ2v) is 10.8. The Labute approximate surface area is 243 Å². The highest BCUT2D eigenvalue weighted by atomic mass is 79.9. The van der Waals surface area contributed by atoms with Gasteiger partial charge in [-0.3, -0.25) is 24.8 Å². The van der Waals surface area contributed by atoms with Crippen LogP contribution in [0, 0.1) is 21.4 Å². The SMILES string of the molecule is N#Cc1cc(Br)c(O)c(Br)c1.Nc1c([N+](=O)[O-])ccc(Oc2ccccc2)c1Cl.O=C(O)CNCP(=O)(O)O. The molecule has 0 bridgehead atoms. The van der Waals surface area contributed by atoms with Crippen LogP contribution in [0.25, 0.3) is 0 Å². The number of aliphatic carboxylic acids is 1. The summed E-state index contributed by atoms with van der Waals surface area (Å²) in [5.74, 6) is -0.170. The van der Waals surface area contributed by atoms with Crippen LogP contribution in [-0.4, -0.2) is 43.7 Å². The molecule has 0 heterocycles. The van der Waals surface area contributed by atoms with E-state index in [1.54, 1.807) is 36.4 Å². The van der Waals surface area contributed by atoms with Gasteiger partial charge in [0.25, 0.3) is 5.69 Å². The summed E-state index contributed by atoms with van der Waals surface area (Å²) >= 11 is 12.2. The van der Waals surface area contributed by atoms with Crippen LogP contribution in [-0.2, 0) is 9.36 Å². The van der Waals surface area contributed by atoms with E-state index in [0.29, 0.717) is 20.3 Å². The van der Waals surface area contributed by atoms with E-state index in [2.05, 4.69) is 37.2 Å². The van der Waals surface area contributed by atoms with Crippen molar-refractivity contribution in [2.75, 3.05) is 18.6 Å². The molecule has 3 aromatic rings. The normalized spacial score (nSPS) is 10.2. The zero-order chi connectivity index (χ0) is 29.8. The monoisotopic (exact) mass is 708 g/mol. The number of phenolic OH excluding ortho intramolecular Hbond substituents is 1. The zero-order valence-corrected chi connectivity index (χ0v) is 24.3. The van der Waals surface area contributed by atoms with E-state index in [0.717, 1.165) is 0 Å². The molecule has 0 saturated heterocycles. The summed E-state index contributed by atoms with van der Waals surface area (Å²) in [5, 5.41) is 38.5. The van der Waals surface area contributed by atoms with Crippen molar-refractivity contribution in [3.05, 3.63) is 84.2 Å². The molecule has 0 amide bonds. The molecule has 0 aliphatic rings. The largest absolute Gasteiger partial charge is 0.506 e. The summed E-state index contributed by atoms with van der Waals surface area (Å²) in [4.78, 5) is 36.2. The summed E-state index contributed by atoms with van der Waals surface area (Å²) in [6.45, 7) is -0.439. The number of nitrogens with two attached hydrogens (primary N) is 1. The number of phenols is 1. The van der Waals surface area contributed by atoms with Crippen molar-refractivity contribution in [3.63, 3.8) is 0 Å². The van der Waals surface area contributed by atoms with Crippen LogP contribution >= 0.6 is 51.1 Å². The molecule has 39 heavy (non-hydrogen) atoms. The minimum Gasteiger partial charge on any atom is -0.506 e. The maximum atomic E-state index is 10.7. The number of nitro groups is 1. The van der Waals surface area contributed by atoms with Crippen LogP contribution in [0.5, 0.6) is 17.2 Å². The second kappa shape index (κ2) is 16.0. The first-order valence-electron chi connectivity index (χ1n) is 10.2. The molecule has 0 atom stereocenters. The third kappa shape index (κ3) is 12.5. The van der Waals surface area contributed by atoms with Gasteiger partial charge in [-0.05, 0) is 62.2 Å². The number of carboxylic acids is 1. The predicted molar refractivity (Wildman–Crippen MR) is 150 cm³/mol. The van der Waals surface area contributed by atoms with Gasteiger partial charge in [0.1, 0.15) is 28.0 Å². The van der Waals surface area contributed by atoms with Gasteiger partial charge in [-0.15, -0.1) is 0 Å². The number of nitriles is 1. The summed E-state index contributed by atoms with van der Waals surface area (Å²) in [6.07, 6.45) is -0.598. The maximum Gasteiger partial charge on any atom is 0.339 e. The zero-order valence-electron chi connectivity index (χ0n) is 19.5. The lowest BCUT2D eigenvalue weighted by molar-refractivity contribution is -0.383. The lowest BCUT2D eigenvalue weighted by Gasteiger charge is -2.08. The summed E-state index contributed by atoms with van der Waals surface area (Å²) < 4.78 is 16.6. The standard InChI is InChI=1S/C12H9ClN2O3.C7H3Br2NO.C3H8NO5P/c13-11-10(18-8-4-2-1-3-5-8)7-6-9(12(11)14)15(16)17;8-5-1-4(3-10)2-6(9)7(5)11;5-3(6)1-4-2-10(7,8)9/h1-7H,14H2;1-2,11H;4H,1-2H2,(H,5,6)(H2,7,8,9). The Bertz CT molecular complexity index is 1380. The molecular formula is C22H20Br2ClN4O9P. The van der Waals surface area contributed by atoms with Gasteiger partial charge < -0.3 is 30.5 Å². The van der Waals surface area contributed by atoms with E-state index in [4.69, 9.17) is 42.2 Å². The molecule has 7 N–H and O–H groups in total. The fraction of sp³-hybridized carbons (Fsp3) is 0.0909. The topological polar surface area (TPSA) is 229 Å². The molecule has 208 valence electrons. The third-order valence-electron chi connectivity index (χ3n) is 4.03. The molecule has 13 nitrogen and oxygen atoms in total. The number of hydrogen-bond acceptors (Lipinski definition) is 9. The fourth-order valence-electron chi connectivity index (χ4n) is 2.35. The van der Waals surface area contributed by atoms with Crippen molar-refractivity contribution < 1.29 is 39.0 Å². The highest BCUT2D eigenvalue weighted by Crippen LogP contribution is 2.39. The number of aromatic hydroxyl groups is 1. The molecule has 0 unspecified atom stereocenters. The van der Waals surface area contributed by atoms with E-state index in [-0.39, 0.29) is 27.9 Å². The molecule has 0 aromatic heterocycles. The molecule has 0 saturated carbocycles. The number of anilines is 1. The average molecular weight is 711 g/mol. The number of para-hydroxylation sites is 1. The Morgan fingerprint density at radius 3 is 2.21 bits per heavy atom. The number of nitro benzene ring substituents is 1. The molecule has 0 aliphatic heterocycles. The highest BCUT2D eigenvalue weighted by Gasteiger charge is 2.18. The Balaban J connectivity index is 0.000000314. The smallest absolute Gasteiger partial charge is 0.339 e. The molecular weight excluding hydrogens is 690 g/mol. The average Bonchev–Trinajstić information content (AvgIpc) is 2.85. The number of nitrogens with zero attached hydrogens (tertiary/aromatic N) is 2. The summed E-state index contributed by atoms with van der Waals surface area (Å²) in [6, 6.07) is 16.7. The molecule has 3 rings (SSSR count). The third-order valence-corrected chi connectivity index (χ3v) is 6.26. The molecule has 0 spiro atoms. The van der Waals surface area contributed by atoms with Crippen molar-refractivity contribution in [1.82, 2.24) is 5.32 Å². The van der Waals surface area contributed by atoms with Crippen LogP contribution < -0.4 is 15.8 Å². The highest BCUT2D eigenvalue weighted by molar-refractivity contribution is 9.11. The first-order chi connectivity index (χ1) is 18.2. The van der Waals surface area contributed by atoms with Crippen molar-refractivity contribution in [3.8, 4) is 23.3 Å². The van der Waals surface area contributed by atoms with E-state index in [1.807, 2.05) is 12.1 Å². The van der Waals surface area contributed by atoms with Gasteiger partial charge in [0.15, 0.2) is 0 Å². The summed E-state index contributed by atoms with van der Waals surface area (Å²) in [5.41, 5.74) is 5.75.